The van der Waals surface area contributed by atoms with E-state index in [2.05, 4.69) is 93.7 Å². The quantitative estimate of drug-likeness (QED) is 0.0261. The molecule has 6 nitrogen and oxygen atoms in total. The predicted molar refractivity (Wildman–Crippen MR) is 330 cm³/mol. The van der Waals surface area contributed by atoms with Gasteiger partial charge in [-0.15, -0.1) is 0 Å². The number of hydrogen-bond donors (Lipinski definition) is 0. The molecule has 0 spiro atoms. The smallest absolute Gasteiger partial charge is 0.306 e. The zero-order chi connectivity index (χ0) is 55.0. The van der Waals surface area contributed by atoms with Gasteiger partial charge in [0.25, 0.3) is 0 Å². The van der Waals surface area contributed by atoms with Crippen LogP contribution in [0.25, 0.3) is 0 Å². The van der Waals surface area contributed by atoms with Crippen molar-refractivity contribution in [2.24, 2.45) is 0 Å². The fraction of sp³-hybridized carbons (Fsp3) is 0.786. The third kappa shape index (κ3) is 61.7. The lowest BCUT2D eigenvalue weighted by Gasteiger charge is -2.18. The minimum Gasteiger partial charge on any atom is -0.462 e. The van der Waals surface area contributed by atoms with Gasteiger partial charge >= 0.3 is 17.9 Å². The summed E-state index contributed by atoms with van der Waals surface area (Å²) in [6, 6.07) is 0. The lowest BCUT2D eigenvalue weighted by atomic mass is 10.0. The lowest BCUT2D eigenvalue weighted by molar-refractivity contribution is -0.167. The average Bonchev–Trinajstić information content (AvgIpc) is 3.42. The van der Waals surface area contributed by atoms with Gasteiger partial charge in [0.15, 0.2) is 6.10 Å². The van der Waals surface area contributed by atoms with E-state index in [1.54, 1.807) is 0 Å². The van der Waals surface area contributed by atoms with Crippen LogP contribution in [0.2, 0.25) is 0 Å². The van der Waals surface area contributed by atoms with Crippen molar-refractivity contribution in [1.82, 2.24) is 0 Å². The summed E-state index contributed by atoms with van der Waals surface area (Å²) in [5, 5.41) is 0. The van der Waals surface area contributed by atoms with Gasteiger partial charge in [-0.3, -0.25) is 14.4 Å². The Morgan fingerprint density at radius 1 is 0.263 bits per heavy atom. The van der Waals surface area contributed by atoms with Crippen LogP contribution >= 0.6 is 0 Å². The van der Waals surface area contributed by atoms with Gasteiger partial charge in [-0.1, -0.05) is 293 Å². The maximum absolute atomic E-state index is 12.8. The highest BCUT2D eigenvalue weighted by Gasteiger charge is 2.19. The van der Waals surface area contributed by atoms with Crippen molar-refractivity contribution in [3.05, 3.63) is 72.9 Å². The van der Waals surface area contributed by atoms with E-state index in [0.717, 1.165) is 96.3 Å². The minimum atomic E-state index is -0.779. The molecule has 0 aliphatic heterocycles. The fourth-order valence-electron chi connectivity index (χ4n) is 9.46. The Balaban J connectivity index is 4.04. The molecule has 0 heterocycles. The normalized spacial score (nSPS) is 12.5. The monoisotopic (exact) mass is 1060 g/mol. The summed E-state index contributed by atoms with van der Waals surface area (Å²) in [5.74, 6) is -0.888. The maximum Gasteiger partial charge on any atom is 0.306 e. The van der Waals surface area contributed by atoms with Crippen LogP contribution in [0.3, 0.4) is 0 Å². The second-order valence-electron chi connectivity index (χ2n) is 22.0. The summed E-state index contributed by atoms with van der Waals surface area (Å²) < 4.78 is 16.8. The van der Waals surface area contributed by atoms with Gasteiger partial charge in [0.1, 0.15) is 13.2 Å². The van der Waals surface area contributed by atoms with Crippen LogP contribution in [0.1, 0.15) is 335 Å². The number of carbonyl (C=O) groups is 3. The Bertz CT molecular complexity index is 1400. The summed E-state index contributed by atoms with van der Waals surface area (Å²) >= 11 is 0. The van der Waals surface area contributed by atoms with E-state index in [1.165, 1.54) is 199 Å². The molecular formula is C70H124O6. The fourth-order valence-corrected chi connectivity index (χ4v) is 9.46. The Labute approximate surface area is 472 Å². The second-order valence-corrected chi connectivity index (χ2v) is 22.0. The molecule has 1 unspecified atom stereocenters. The van der Waals surface area contributed by atoms with Crippen LogP contribution in [0, 0.1) is 0 Å². The topological polar surface area (TPSA) is 78.9 Å². The zero-order valence-corrected chi connectivity index (χ0v) is 50.5. The molecule has 440 valence electrons. The molecule has 0 N–H and O–H groups in total. The molecule has 0 aliphatic rings. The van der Waals surface area contributed by atoms with Gasteiger partial charge in [0.2, 0.25) is 0 Å². The maximum atomic E-state index is 12.8. The lowest BCUT2D eigenvalue weighted by Crippen LogP contribution is -2.30. The number of ether oxygens (including phenoxy) is 3. The highest BCUT2D eigenvalue weighted by molar-refractivity contribution is 5.71. The van der Waals surface area contributed by atoms with Crippen molar-refractivity contribution >= 4 is 17.9 Å². The van der Waals surface area contributed by atoms with Gasteiger partial charge in [-0.05, 0) is 96.3 Å². The van der Waals surface area contributed by atoms with E-state index in [9.17, 15) is 14.4 Å². The third-order valence-electron chi connectivity index (χ3n) is 14.4. The molecule has 0 aromatic rings. The van der Waals surface area contributed by atoms with Gasteiger partial charge in [-0.25, -0.2) is 0 Å². The summed E-state index contributed by atoms with van der Waals surface area (Å²) in [4.78, 5) is 38.0. The third-order valence-corrected chi connectivity index (χ3v) is 14.4. The van der Waals surface area contributed by atoms with Gasteiger partial charge < -0.3 is 14.2 Å². The minimum absolute atomic E-state index is 0.0783. The van der Waals surface area contributed by atoms with E-state index >= 15 is 0 Å². The first kappa shape index (κ1) is 72.8. The predicted octanol–water partition coefficient (Wildman–Crippen LogP) is 22.5. The molecule has 0 saturated heterocycles. The highest BCUT2D eigenvalue weighted by Crippen LogP contribution is 2.17. The van der Waals surface area contributed by atoms with E-state index in [1.807, 2.05) is 0 Å². The number of rotatable bonds is 60. The molecule has 0 aromatic carbocycles. The second kappa shape index (κ2) is 64.4. The van der Waals surface area contributed by atoms with Crippen LogP contribution in [0.15, 0.2) is 72.9 Å². The summed E-state index contributed by atoms with van der Waals surface area (Å²) in [6.45, 7) is 6.58. The van der Waals surface area contributed by atoms with Crippen molar-refractivity contribution in [3.63, 3.8) is 0 Å². The van der Waals surface area contributed by atoms with Crippen molar-refractivity contribution in [2.45, 2.75) is 341 Å². The van der Waals surface area contributed by atoms with E-state index in [0.29, 0.717) is 19.3 Å². The molecule has 0 aromatic heterocycles. The number of carbonyl (C=O) groups excluding carboxylic acids is 3. The molecule has 1 atom stereocenters. The van der Waals surface area contributed by atoms with Crippen molar-refractivity contribution in [1.29, 1.82) is 0 Å². The number of unbranched alkanes of at least 4 members (excludes halogenated alkanes) is 37. The molecular weight excluding hydrogens is 937 g/mol. The van der Waals surface area contributed by atoms with Crippen molar-refractivity contribution < 1.29 is 28.6 Å². The van der Waals surface area contributed by atoms with Crippen LogP contribution in [-0.4, -0.2) is 37.2 Å². The molecule has 0 radical (unpaired) electrons. The Hall–Kier alpha value is -3.15. The Morgan fingerprint density at radius 3 is 0.737 bits per heavy atom. The van der Waals surface area contributed by atoms with Gasteiger partial charge in [0.05, 0.1) is 0 Å². The van der Waals surface area contributed by atoms with Crippen LogP contribution in [-0.2, 0) is 28.6 Å². The van der Waals surface area contributed by atoms with Crippen LogP contribution in [0.5, 0.6) is 0 Å². The SMILES string of the molecule is CCCCCCC/C=C\C/C=C\C/C=C\CCCCCCCCCCCCCCCCCCC(=O)OCC(COC(=O)CCCCCCCC)OC(=O)CCCCCCCC/C=C\C/C=C\C/C=C\CCCCCCC. The summed E-state index contributed by atoms with van der Waals surface area (Å²) in [5.41, 5.74) is 0. The van der Waals surface area contributed by atoms with Crippen LogP contribution in [0.4, 0.5) is 0 Å². The van der Waals surface area contributed by atoms with Crippen molar-refractivity contribution in [2.75, 3.05) is 13.2 Å². The molecule has 0 amide bonds. The molecule has 6 heteroatoms. The van der Waals surface area contributed by atoms with E-state index in [-0.39, 0.29) is 31.1 Å². The molecule has 0 fully saturated rings. The molecule has 0 rings (SSSR count). The average molecular weight is 1060 g/mol. The largest absolute Gasteiger partial charge is 0.462 e. The van der Waals surface area contributed by atoms with E-state index < -0.39 is 6.10 Å². The number of hydrogen-bond acceptors (Lipinski definition) is 6. The van der Waals surface area contributed by atoms with Gasteiger partial charge in [0, 0.05) is 19.3 Å². The van der Waals surface area contributed by atoms with Gasteiger partial charge in [-0.2, -0.15) is 0 Å². The standard InChI is InChI=1S/C70H124O6/c1-4-7-10-13-16-18-20-22-24-26-28-30-31-32-33-34-35-36-37-38-39-41-42-44-46-48-50-52-54-57-60-63-69(72)75-66-67(65-74-68(71)62-59-56-15-12-9-6-3)76-70(73)64-61-58-55-53-51-49-47-45-43-40-29-27-25-23-21-19-17-14-11-8-5-2/h20-23,26-29,31-32,43,45,67H,4-19,24-25,30,33-42,44,46-66H2,1-3H3/b22-20-,23-21-,28-26-,29-27-,32-31-,45-43-. The molecule has 0 saturated carbocycles. The van der Waals surface area contributed by atoms with Crippen LogP contribution < -0.4 is 0 Å². The molecule has 0 bridgehead atoms. The Morgan fingerprint density at radius 2 is 0.474 bits per heavy atom. The highest BCUT2D eigenvalue weighted by atomic mass is 16.6. The Kier molecular flexibility index (Phi) is 61.7. The van der Waals surface area contributed by atoms with Crippen molar-refractivity contribution in [3.8, 4) is 0 Å². The number of allylic oxidation sites excluding steroid dienone is 12. The first-order valence-corrected chi connectivity index (χ1v) is 32.9. The first-order chi connectivity index (χ1) is 37.5. The summed E-state index contributed by atoms with van der Waals surface area (Å²) in [6.07, 6.45) is 83.8. The molecule has 0 aliphatic carbocycles. The van der Waals surface area contributed by atoms with E-state index in [4.69, 9.17) is 14.2 Å². The number of esters is 3. The zero-order valence-electron chi connectivity index (χ0n) is 50.5. The summed E-state index contributed by atoms with van der Waals surface area (Å²) in [7, 11) is 0. The molecule has 76 heavy (non-hydrogen) atoms. The first-order valence-electron chi connectivity index (χ1n) is 32.9.